The summed E-state index contributed by atoms with van der Waals surface area (Å²) in [6.07, 6.45) is -11.5. The summed E-state index contributed by atoms with van der Waals surface area (Å²) >= 11 is 0. The van der Waals surface area contributed by atoms with Crippen LogP contribution in [0.5, 0.6) is 0 Å². The Balaban J connectivity index is 1.97. The van der Waals surface area contributed by atoms with Gasteiger partial charge >= 0.3 is 12.4 Å². The van der Waals surface area contributed by atoms with E-state index in [9.17, 15) is 31.1 Å². The minimum Gasteiger partial charge on any atom is -0.343 e. The van der Waals surface area contributed by atoms with Gasteiger partial charge in [-0.3, -0.25) is 4.79 Å². The summed E-state index contributed by atoms with van der Waals surface area (Å²) in [5, 5.41) is 0. The van der Waals surface area contributed by atoms with Gasteiger partial charge in [-0.05, 0) is 17.7 Å². The highest BCUT2D eigenvalue weighted by molar-refractivity contribution is 6.02. The van der Waals surface area contributed by atoms with E-state index in [0.717, 1.165) is 0 Å². The fourth-order valence-corrected chi connectivity index (χ4v) is 2.65. The van der Waals surface area contributed by atoms with Crippen LogP contribution in [0.25, 0.3) is 0 Å². The fraction of sp³-hybridized carbons (Fsp3) is 0.235. The molecule has 1 aliphatic rings. The van der Waals surface area contributed by atoms with Crippen molar-refractivity contribution in [2.24, 2.45) is 0 Å². The Morgan fingerprint density at radius 2 is 1.44 bits per heavy atom. The van der Waals surface area contributed by atoms with Crippen LogP contribution in [0.1, 0.15) is 21.5 Å². The molecule has 2 nitrogen and oxygen atoms in total. The maximum absolute atomic E-state index is 13.5. The van der Waals surface area contributed by atoms with Crippen molar-refractivity contribution < 1.29 is 35.9 Å². The quantitative estimate of drug-likeness (QED) is 0.449. The summed E-state index contributed by atoms with van der Waals surface area (Å²) in [5.41, 5.74) is -4.52. The first-order chi connectivity index (χ1) is 11.6. The van der Waals surface area contributed by atoms with Crippen molar-refractivity contribution in [2.45, 2.75) is 24.1 Å². The average molecular weight is 360 g/mol. The predicted molar refractivity (Wildman–Crippen MR) is 74.8 cm³/mol. The molecule has 0 amide bonds. The van der Waals surface area contributed by atoms with E-state index in [1.807, 2.05) is 0 Å². The highest BCUT2D eigenvalue weighted by atomic mass is 19.4. The van der Waals surface area contributed by atoms with Crippen molar-refractivity contribution in [3.63, 3.8) is 0 Å². The number of benzene rings is 2. The van der Waals surface area contributed by atoms with Crippen LogP contribution in [0.15, 0.2) is 54.6 Å². The summed E-state index contributed by atoms with van der Waals surface area (Å²) < 4.78 is 83.1. The molecule has 2 atom stereocenters. The van der Waals surface area contributed by atoms with E-state index in [4.69, 9.17) is 4.74 Å². The SMILES string of the molecule is O=C(c1ccccc1)[C@H]1O[C@]1(c1ccc(C(F)(F)F)cc1)C(F)(F)F. The maximum Gasteiger partial charge on any atom is 0.424 e. The van der Waals surface area contributed by atoms with Crippen LogP contribution in [0.2, 0.25) is 0 Å². The minimum atomic E-state index is -4.96. The molecule has 25 heavy (non-hydrogen) atoms. The van der Waals surface area contributed by atoms with Crippen LogP contribution in [-0.2, 0) is 16.5 Å². The lowest BCUT2D eigenvalue weighted by Gasteiger charge is -2.18. The van der Waals surface area contributed by atoms with Gasteiger partial charge in [0.15, 0.2) is 11.9 Å². The molecule has 2 aromatic rings. The number of ketones is 1. The van der Waals surface area contributed by atoms with E-state index < -0.39 is 41.0 Å². The first-order valence-corrected chi connectivity index (χ1v) is 7.09. The third-order valence-corrected chi connectivity index (χ3v) is 3.97. The van der Waals surface area contributed by atoms with Crippen molar-refractivity contribution in [1.29, 1.82) is 0 Å². The Kier molecular flexibility index (Phi) is 3.90. The Morgan fingerprint density at radius 3 is 1.92 bits per heavy atom. The van der Waals surface area contributed by atoms with Gasteiger partial charge in [-0.25, -0.2) is 0 Å². The van der Waals surface area contributed by atoms with Crippen LogP contribution in [0.3, 0.4) is 0 Å². The highest BCUT2D eigenvalue weighted by Gasteiger charge is 2.76. The number of hydrogen-bond acceptors (Lipinski definition) is 2. The monoisotopic (exact) mass is 360 g/mol. The number of alkyl halides is 6. The van der Waals surface area contributed by atoms with Gasteiger partial charge < -0.3 is 4.74 Å². The molecule has 0 bridgehead atoms. The zero-order chi connectivity index (χ0) is 18.5. The van der Waals surface area contributed by atoms with Gasteiger partial charge in [-0.15, -0.1) is 0 Å². The first kappa shape index (κ1) is 17.5. The van der Waals surface area contributed by atoms with Crippen LogP contribution in [0, 0.1) is 0 Å². The van der Waals surface area contributed by atoms with E-state index in [1.54, 1.807) is 6.07 Å². The Hall–Kier alpha value is -2.35. The Labute approximate surface area is 138 Å². The van der Waals surface area contributed by atoms with Gasteiger partial charge in [-0.2, -0.15) is 26.3 Å². The molecule has 0 aliphatic carbocycles. The molecule has 0 spiro atoms. The zero-order valence-corrected chi connectivity index (χ0v) is 12.4. The normalized spacial score (nSPS) is 23.4. The van der Waals surface area contributed by atoms with Gasteiger partial charge in [0.05, 0.1) is 5.56 Å². The largest absolute Gasteiger partial charge is 0.424 e. The molecule has 0 aromatic heterocycles. The van der Waals surface area contributed by atoms with Crippen LogP contribution in [0.4, 0.5) is 26.3 Å². The van der Waals surface area contributed by atoms with Gasteiger partial charge in [0, 0.05) is 5.56 Å². The zero-order valence-electron chi connectivity index (χ0n) is 12.4. The maximum atomic E-state index is 13.5. The molecule has 8 heteroatoms. The summed E-state index contributed by atoms with van der Waals surface area (Å²) in [5.74, 6) is -0.877. The molecule has 1 aliphatic heterocycles. The molecule has 0 saturated carbocycles. The van der Waals surface area contributed by atoms with Gasteiger partial charge in [-0.1, -0.05) is 42.5 Å². The molecule has 0 N–H and O–H groups in total. The number of hydrogen-bond donors (Lipinski definition) is 0. The second kappa shape index (κ2) is 5.59. The predicted octanol–water partition coefficient (Wildman–Crippen LogP) is 4.74. The molecule has 3 rings (SSSR count). The number of rotatable bonds is 3. The lowest BCUT2D eigenvalue weighted by atomic mass is 9.90. The summed E-state index contributed by atoms with van der Waals surface area (Å²) in [7, 11) is 0. The van der Waals surface area contributed by atoms with Crippen molar-refractivity contribution >= 4 is 5.78 Å². The van der Waals surface area contributed by atoms with Gasteiger partial charge in [0.25, 0.3) is 0 Å². The number of Topliss-reactive ketones (excluding diaryl/α,β-unsaturated/α-hetero) is 1. The van der Waals surface area contributed by atoms with E-state index in [2.05, 4.69) is 0 Å². The van der Waals surface area contributed by atoms with E-state index >= 15 is 0 Å². The van der Waals surface area contributed by atoms with Gasteiger partial charge in [0.2, 0.25) is 5.60 Å². The molecule has 2 aromatic carbocycles. The topological polar surface area (TPSA) is 29.6 Å². The van der Waals surface area contributed by atoms with Crippen LogP contribution < -0.4 is 0 Å². The molecule has 1 heterocycles. The second-order valence-electron chi connectivity index (χ2n) is 5.54. The Morgan fingerprint density at radius 1 is 0.880 bits per heavy atom. The fourth-order valence-electron chi connectivity index (χ4n) is 2.65. The molecule has 0 radical (unpaired) electrons. The molecule has 1 fully saturated rings. The third-order valence-electron chi connectivity index (χ3n) is 3.97. The number of halogens is 6. The van der Waals surface area contributed by atoms with Gasteiger partial charge in [0.1, 0.15) is 0 Å². The third kappa shape index (κ3) is 2.90. The summed E-state index contributed by atoms with van der Waals surface area (Å²) in [6.45, 7) is 0. The second-order valence-corrected chi connectivity index (χ2v) is 5.54. The lowest BCUT2D eigenvalue weighted by Crippen LogP contribution is -2.35. The van der Waals surface area contributed by atoms with Crippen LogP contribution in [-0.4, -0.2) is 18.1 Å². The van der Waals surface area contributed by atoms with Crippen molar-refractivity contribution in [3.05, 3.63) is 71.3 Å². The molecular formula is C17H10F6O2. The first-order valence-electron chi connectivity index (χ1n) is 7.09. The summed E-state index contributed by atoms with van der Waals surface area (Å²) in [4.78, 5) is 12.3. The standard InChI is InChI=1S/C17H10F6O2/c18-16(19,20)12-8-6-11(7-9-12)15(17(21,22)23)14(25-15)13(24)10-4-2-1-3-5-10/h1-9,14H/t14-,15+/m1/s1. The smallest absolute Gasteiger partial charge is 0.343 e. The molecular weight excluding hydrogens is 350 g/mol. The van der Waals surface area contributed by atoms with Crippen molar-refractivity contribution in [1.82, 2.24) is 0 Å². The number of carbonyl (C=O) groups excluding carboxylic acids is 1. The van der Waals surface area contributed by atoms with Crippen molar-refractivity contribution in [3.8, 4) is 0 Å². The molecule has 132 valence electrons. The highest BCUT2D eigenvalue weighted by Crippen LogP contribution is 2.58. The number of epoxide rings is 1. The summed E-state index contributed by atoms with van der Waals surface area (Å²) in [6, 6.07) is 9.71. The number of ether oxygens (including phenoxy) is 1. The lowest BCUT2D eigenvalue weighted by molar-refractivity contribution is -0.187. The van der Waals surface area contributed by atoms with E-state index in [1.165, 1.54) is 24.3 Å². The van der Waals surface area contributed by atoms with Crippen molar-refractivity contribution in [2.75, 3.05) is 0 Å². The van der Waals surface area contributed by atoms with E-state index in [-0.39, 0.29) is 5.56 Å². The molecule has 0 unspecified atom stereocenters. The van der Waals surface area contributed by atoms with Crippen LogP contribution >= 0.6 is 0 Å². The number of carbonyl (C=O) groups is 1. The molecule has 1 saturated heterocycles. The Bertz CT molecular complexity index is 780. The average Bonchev–Trinajstić information content (AvgIpc) is 3.31. The van der Waals surface area contributed by atoms with E-state index in [0.29, 0.717) is 24.3 Å². The minimum absolute atomic E-state index is 0.0329.